The van der Waals surface area contributed by atoms with E-state index >= 15 is 0 Å². The lowest BCUT2D eigenvalue weighted by atomic mass is 9.88. The molecule has 5 heteroatoms. The van der Waals surface area contributed by atoms with Gasteiger partial charge in [0, 0.05) is 18.7 Å². The van der Waals surface area contributed by atoms with Crippen LogP contribution in [0, 0.1) is 5.92 Å². The summed E-state index contributed by atoms with van der Waals surface area (Å²) < 4.78 is 6.25. The maximum atomic E-state index is 12.6. The molecule has 1 aliphatic heterocycles. The van der Waals surface area contributed by atoms with Gasteiger partial charge in [-0.15, -0.1) is 0 Å². The molecule has 2 fully saturated rings. The first-order valence-corrected chi connectivity index (χ1v) is 9.31. The van der Waals surface area contributed by atoms with Crippen LogP contribution in [-0.2, 0) is 4.74 Å². The van der Waals surface area contributed by atoms with Gasteiger partial charge >= 0.3 is 5.97 Å². The smallest absolute Gasteiger partial charge is 0.335 e. The summed E-state index contributed by atoms with van der Waals surface area (Å²) >= 11 is 0. The van der Waals surface area contributed by atoms with Crippen LogP contribution in [0.25, 0.3) is 0 Å². The Kier molecular flexibility index (Phi) is 5.74. The fourth-order valence-corrected chi connectivity index (χ4v) is 3.77. The number of carbonyl (C=O) groups excluding carboxylic acids is 1. The molecule has 0 aromatic heterocycles. The van der Waals surface area contributed by atoms with Crippen molar-refractivity contribution in [2.24, 2.45) is 5.92 Å². The number of hydrogen-bond acceptors (Lipinski definition) is 3. The van der Waals surface area contributed by atoms with Gasteiger partial charge in [0.1, 0.15) is 0 Å². The molecule has 1 aromatic carbocycles. The molecule has 2 aliphatic rings. The minimum Gasteiger partial charge on any atom is -0.478 e. The Hall–Kier alpha value is -1.88. The molecule has 1 saturated carbocycles. The van der Waals surface area contributed by atoms with Gasteiger partial charge in [-0.3, -0.25) is 4.79 Å². The van der Waals surface area contributed by atoms with E-state index in [1.807, 2.05) is 4.90 Å². The van der Waals surface area contributed by atoms with Crippen molar-refractivity contribution in [2.45, 2.75) is 57.7 Å². The van der Waals surface area contributed by atoms with Crippen molar-refractivity contribution in [3.8, 4) is 0 Å². The third kappa shape index (κ3) is 4.60. The number of carbonyl (C=O) groups is 2. The van der Waals surface area contributed by atoms with Gasteiger partial charge in [0.25, 0.3) is 5.91 Å². The van der Waals surface area contributed by atoms with Gasteiger partial charge < -0.3 is 14.7 Å². The molecule has 5 nitrogen and oxygen atoms in total. The van der Waals surface area contributed by atoms with Crippen LogP contribution < -0.4 is 0 Å². The molecule has 3 rings (SSSR count). The molecule has 1 aliphatic carbocycles. The summed E-state index contributed by atoms with van der Waals surface area (Å²) in [6, 6.07) is 6.15. The average molecular weight is 345 g/mol. The summed E-state index contributed by atoms with van der Waals surface area (Å²) in [6.45, 7) is 3.71. The zero-order valence-corrected chi connectivity index (χ0v) is 14.8. The van der Waals surface area contributed by atoms with Crippen molar-refractivity contribution in [1.82, 2.24) is 4.90 Å². The van der Waals surface area contributed by atoms with Crippen LogP contribution in [0.3, 0.4) is 0 Å². The summed E-state index contributed by atoms with van der Waals surface area (Å²) in [5.74, 6) is -0.178. The summed E-state index contributed by atoms with van der Waals surface area (Å²) in [5, 5.41) is 8.93. The summed E-state index contributed by atoms with van der Waals surface area (Å²) in [6.07, 6.45) is 7.26. The second-order valence-electron chi connectivity index (χ2n) is 7.39. The van der Waals surface area contributed by atoms with Gasteiger partial charge in [0.15, 0.2) is 0 Å². The molecule has 1 N–H and O–H groups in total. The number of nitrogens with zero attached hydrogens (tertiary/aromatic N) is 1. The van der Waals surface area contributed by atoms with Crippen molar-refractivity contribution >= 4 is 11.9 Å². The molecule has 0 atom stereocenters. The number of aromatic carboxylic acids is 1. The summed E-state index contributed by atoms with van der Waals surface area (Å²) in [4.78, 5) is 25.3. The average Bonchev–Trinajstić information content (AvgIpc) is 2.64. The molecule has 0 unspecified atom stereocenters. The first-order valence-electron chi connectivity index (χ1n) is 9.31. The molecule has 1 heterocycles. The van der Waals surface area contributed by atoms with E-state index < -0.39 is 5.97 Å². The number of likely N-dealkylation sites (tertiary alicyclic amines) is 1. The van der Waals surface area contributed by atoms with Crippen LogP contribution in [0.2, 0.25) is 0 Å². The topological polar surface area (TPSA) is 66.8 Å². The molecule has 25 heavy (non-hydrogen) atoms. The highest BCUT2D eigenvalue weighted by atomic mass is 16.5. The lowest BCUT2D eigenvalue weighted by molar-refractivity contribution is -0.0570. The van der Waals surface area contributed by atoms with Crippen LogP contribution in [0.1, 0.15) is 66.2 Å². The Labute approximate surface area is 149 Å². The first kappa shape index (κ1) is 17.9. The van der Waals surface area contributed by atoms with E-state index in [4.69, 9.17) is 9.84 Å². The molecule has 1 amide bonds. The monoisotopic (exact) mass is 345 g/mol. The molecule has 1 aromatic rings. The number of ether oxygens (including phenoxy) is 1. The highest BCUT2D eigenvalue weighted by Gasteiger charge is 2.27. The lowest BCUT2D eigenvalue weighted by Crippen LogP contribution is -2.42. The summed E-state index contributed by atoms with van der Waals surface area (Å²) in [5.41, 5.74) is 0.746. The number of amides is 1. The van der Waals surface area contributed by atoms with E-state index in [2.05, 4.69) is 6.92 Å². The molecular formula is C20H27NO4. The van der Waals surface area contributed by atoms with Gasteiger partial charge in [-0.05, 0) is 68.7 Å². The third-order valence-electron chi connectivity index (χ3n) is 5.46. The van der Waals surface area contributed by atoms with Gasteiger partial charge in [0.05, 0.1) is 17.8 Å². The SMILES string of the molecule is CC1CCC(OC2CCN(C(=O)c3ccc(C(=O)O)cc3)CC2)CC1. The maximum absolute atomic E-state index is 12.6. The lowest BCUT2D eigenvalue weighted by Gasteiger charge is -2.35. The fraction of sp³-hybridized carbons (Fsp3) is 0.600. The maximum Gasteiger partial charge on any atom is 0.335 e. The summed E-state index contributed by atoms with van der Waals surface area (Å²) in [7, 11) is 0. The number of carboxylic acids is 1. The predicted molar refractivity (Wildman–Crippen MR) is 94.8 cm³/mol. The zero-order valence-electron chi connectivity index (χ0n) is 14.8. The van der Waals surface area contributed by atoms with E-state index in [9.17, 15) is 9.59 Å². The van der Waals surface area contributed by atoms with Crippen molar-refractivity contribution in [1.29, 1.82) is 0 Å². The minimum atomic E-state index is -0.978. The molecule has 136 valence electrons. The minimum absolute atomic E-state index is 0.0260. The van der Waals surface area contributed by atoms with E-state index in [1.165, 1.54) is 25.0 Å². The van der Waals surface area contributed by atoms with Crippen molar-refractivity contribution in [2.75, 3.05) is 13.1 Å². The van der Waals surface area contributed by atoms with E-state index in [1.54, 1.807) is 12.1 Å². The molecule has 0 bridgehead atoms. The highest BCUT2D eigenvalue weighted by molar-refractivity contribution is 5.95. The number of benzene rings is 1. The molecular weight excluding hydrogens is 318 g/mol. The molecule has 0 radical (unpaired) electrons. The Morgan fingerprint density at radius 1 is 0.920 bits per heavy atom. The Morgan fingerprint density at radius 3 is 2.00 bits per heavy atom. The Bertz CT molecular complexity index is 597. The second-order valence-corrected chi connectivity index (χ2v) is 7.39. The number of piperidine rings is 1. The predicted octanol–water partition coefficient (Wildman–Crippen LogP) is 3.58. The van der Waals surface area contributed by atoms with Crippen LogP contribution in [-0.4, -0.2) is 47.2 Å². The van der Waals surface area contributed by atoms with Gasteiger partial charge in [-0.25, -0.2) is 4.79 Å². The third-order valence-corrected chi connectivity index (χ3v) is 5.46. The molecule has 0 spiro atoms. The zero-order chi connectivity index (χ0) is 17.8. The largest absolute Gasteiger partial charge is 0.478 e. The first-order chi connectivity index (χ1) is 12.0. The van der Waals surface area contributed by atoms with Gasteiger partial charge in [0.2, 0.25) is 0 Å². The van der Waals surface area contributed by atoms with Crippen molar-refractivity contribution in [3.63, 3.8) is 0 Å². The van der Waals surface area contributed by atoms with Crippen LogP contribution >= 0.6 is 0 Å². The van der Waals surface area contributed by atoms with Crippen molar-refractivity contribution in [3.05, 3.63) is 35.4 Å². The quantitative estimate of drug-likeness (QED) is 0.906. The van der Waals surface area contributed by atoms with Crippen LogP contribution in [0.4, 0.5) is 0 Å². The number of hydrogen-bond donors (Lipinski definition) is 1. The van der Waals surface area contributed by atoms with E-state index in [0.29, 0.717) is 24.8 Å². The fourth-order valence-electron chi connectivity index (χ4n) is 3.77. The van der Waals surface area contributed by atoms with Crippen LogP contribution in [0.5, 0.6) is 0 Å². The second kappa shape index (κ2) is 8.00. The molecule has 1 saturated heterocycles. The van der Waals surface area contributed by atoms with Crippen LogP contribution in [0.15, 0.2) is 24.3 Å². The Balaban J connectivity index is 1.48. The highest BCUT2D eigenvalue weighted by Crippen LogP contribution is 2.28. The van der Waals surface area contributed by atoms with E-state index in [-0.39, 0.29) is 17.6 Å². The van der Waals surface area contributed by atoms with Gasteiger partial charge in [-0.2, -0.15) is 0 Å². The normalized spacial score (nSPS) is 24.9. The Morgan fingerprint density at radius 2 is 1.44 bits per heavy atom. The van der Waals surface area contributed by atoms with Gasteiger partial charge in [-0.1, -0.05) is 6.92 Å². The van der Waals surface area contributed by atoms with E-state index in [0.717, 1.165) is 31.6 Å². The van der Waals surface area contributed by atoms with Crippen molar-refractivity contribution < 1.29 is 19.4 Å². The number of carboxylic acid groups (broad SMARTS) is 1. The number of rotatable bonds is 4. The standard InChI is InChI=1S/C20H27NO4/c1-14-2-8-17(9-3-14)25-18-10-12-21(13-11-18)19(22)15-4-6-16(7-5-15)20(23)24/h4-7,14,17-18H,2-3,8-13H2,1H3,(H,23,24).